The van der Waals surface area contributed by atoms with Gasteiger partial charge in [-0.1, -0.05) is 29.8 Å². The molecule has 0 bridgehead atoms. The highest BCUT2D eigenvalue weighted by atomic mass is 35.5. The fourth-order valence-electron chi connectivity index (χ4n) is 2.35. The largest absolute Gasteiger partial charge is 0.497 e. The maximum atomic E-state index is 12.3. The number of methoxy groups -OCH3 is 1. The van der Waals surface area contributed by atoms with Gasteiger partial charge in [-0.3, -0.25) is 4.79 Å². The molecule has 0 saturated carbocycles. The fourth-order valence-corrected chi connectivity index (χ4v) is 2.62. The molecule has 118 valence electrons. The Kier molecular flexibility index (Phi) is 4.48. The maximum Gasteiger partial charge on any atom is 0.273 e. The number of carbonyl (C=O) groups excluding carboxylic acids is 1. The first-order valence-corrected chi connectivity index (χ1v) is 7.61. The van der Waals surface area contributed by atoms with Crippen molar-refractivity contribution in [3.8, 4) is 5.75 Å². The highest BCUT2D eigenvalue weighted by molar-refractivity contribution is 6.36. The minimum atomic E-state index is -0.276. The molecule has 0 saturated heterocycles. The molecule has 3 aromatic rings. The Labute approximate surface area is 138 Å². The lowest BCUT2D eigenvalue weighted by molar-refractivity contribution is 0.0949. The standard InChI is InChI=1S/C17H16ClN3O2/c1-23-13-6-4-5-12(11-13)8-9-19-17(22)16-15(18)14-7-2-3-10-21(14)20-16/h2-7,10-11H,8-9H2,1H3,(H,19,22). The summed E-state index contributed by atoms with van der Waals surface area (Å²) >= 11 is 6.23. The van der Waals surface area contributed by atoms with Crippen molar-refractivity contribution in [2.24, 2.45) is 0 Å². The number of hydrogen-bond donors (Lipinski definition) is 1. The molecule has 0 radical (unpaired) electrons. The van der Waals surface area contributed by atoms with Gasteiger partial charge in [0.2, 0.25) is 0 Å². The van der Waals surface area contributed by atoms with Crippen LogP contribution in [0, 0.1) is 0 Å². The topological polar surface area (TPSA) is 55.6 Å². The van der Waals surface area contributed by atoms with Crippen molar-refractivity contribution in [1.82, 2.24) is 14.9 Å². The zero-order valence-corrected chi connectivity index (χ0v) is 13.4. The molecule has 23 heavy (non-hydrogen) atoms. The first-order valence-electron chi connectivity index (χ1n) is 7.23. The number of fused-ring (bicyclic) bond motifs is 1. The van der Waals surface area contributed by atoms with E-state index in [9.17, 15) is 4.79 Å². The smallest absolute Gasteiger partial charge is 0.273 e. The Morgan fingerprint density at radius 2 is 2.17 bits per heavy atom. The lowest BCUT2D eigenvalue weighted by Crippen LogP contribution is -2.26. The van der Waals surface area contributed by atoms with Gasteiger partial charge in [-0.25, -0.2) is 4.52 Å². The second-order valence-electron chi connectivity index (χ2n) is 5.05. The van der Waals surface area contributed by atoms with Crippen LogP contribution in [0.2, 0.25) is 5.02 Å². The summed E-state index contributed by atoms with van der Waals surface area (Å²) in [5.74, 6) is 0.527. The van der Waals surface area contributed by atoms with Gasteiger partial charge in [0.05, 0.1) is 17.6 Å². The molecule has 1 aromatic carbocycles. The highest BCUT2D eigenvalue weighted by Crippen LogP contribution is 2.21. The van der Waals surface area contributed by atoms with Crippen LogP contribution in [-0.4, -0.2) is 29.2 Å². The fraction of sp³-hybridized carbons (Fsp3) is 0.176. The molecule has 0 unspecified atom stereocenters. The molecule has 0 aliphatic heterocycles. The number of aromatic nitrogens is 2. The van der Waals surface area contributed by atoms with E-state index in [-0.39, 0.29) is 11.6 Å². The zero-order chi connectivity index (χ0) is 16.2. The van der Waals surface area contributed by atoms with Gasteiger partial charge in [0.25, 0.3) is 5.91 Å². The summed E-state index contributed by atoms with van der Waals surface area (Å²) in [6.45, 7) is 0.496. The summed E-state index contributed by atoms with van der Waals surface area (Å²) in [4.78, 5) is 12.3. The van der Waals surface area contributed by atoms with E-state index in [0.717, 1.165) is 11.3 Å². The molecule has 0 aliphatic carbocycles. The average Bonchev–Trinajstić information content (AvgIpc) is 2.92. The molecule has 3 rings (SSSR count). The first-order chi connectivity index (χ1) is 11.2. The Morgan fingerprint density at radius 3 is 2.96 bits per heavy atom. The third-order valence-electron chi connectivity index (χ3n) is 3.53. The third-order valence-corrected chi connectivity index (χ3v) is 3.90. The zero-order valence-electron chi connectivity index (χ0n) is 12.6. The number of halogens is 1. The van der Waals surface area contributed by atoms with Gasteiger partial charge in [0, 0.05) is 12.7 Å². The van der Waals surface area contributed by atoms with E-state index in [2.05, 4.69) is 10.4 Å². The van der Waals surface area contributed by atoms with Crippen molar-refractivity contribution in [1.29, 1.82) is 0 Å². The van der Waals surface area contributed by atoms with Gasteiger partial charge < -0.3 is 10.1 Å². The molecular weight excluding hydrogens is 314 g/mol. The lowest BCUT2D eigenvalue weighted by atomic mass is 10.1. The normalized spacial score (nSPS) is 10.7. The molecule has 2 aromatic heterocycles. The quantitative estimate of drug-likeness (QED) is 0.783. The molecule has 0 spiro atoms. The highest BCUT2D eigenvalue weighted by Gasteiger charge is 2.17. The van der Waals surface area contributed by atoms with E-state index in [4.69, 9.17) is 16.3 Å². The summed E-state index contributed by atoms with van der Waals surface area (Å²) in [5.41, 5.74) is 2.04. The van der Waals surface area contributed by atoms with Gasteiger partial charge in [-0.05, 0) is 36.2 Å². The molecule has 0 fully saturated rings. The van der Waals surface area contributed by atoms with Crippen molar-refractivity contribution in [3.63, 3.8) is 0 Å². The van der Waals surface area contributed by atoms with Gasteiger partial charge in [-0.15, -0.1) is 0 Å². The third kappa shape index (κ3) is 3.29. The minimum Gasteiger partial charge on any atom is -0.497 e. The predicted molar refractivity (Wildman–Crippen MR) is 89.2 cm³/mol. The number of pyridine rings is 1. The second-order valence-corrected chi connectivity index (χ2v) is 5.43. The summed E-state index contributed by atoms with van der Waals surface area (Å²) in [6.07, 6.45) is 2.46. The van der Waals surface area contributed by atoms with Gasteiger partial charge in [0.1, 0.15) is 5.75 Å². The van der Waals surface area contributed by atoms with E-state index in [1.165, 1.54) is 0 Å². The number of carbonyl (C=O) groups is 1. The van der Waals surface area contributed by atoms with Crippen LogP contribution in [0.4, 0.5) is 0 Å². The van der Waals surface area contributed by atoms with Crippen LogP contribution in [0.5, 0.6) is 5.75 Å². The number of nitrogens with zero attached hydrogens (tertiary/aromatic N) is 2. The Bertz CT molecular complexity index is 845. The van der Waals surface area contributed by atoms with Crippen LogP contribution in [0.3, 0.4) is 0 Å². The predicted octanol–water partition coefficient (Wildman–Crippen LogP) is 2.97. The Balaban J connectivity index is 1.65. The molecule has 2 heterocycles. The number of rotatable bonds is 5. The van der Waals surface area contributed by atoms with Crippen LogP contribution >= 0.6 is 11.6 Å². The minimum absolute atomic E-state index is 0.239. The summed E-state index contributed by atoms with van der Waals surface area (Å²) in [7, 11) is 1.63. The molecular formula is C17H16ClN3O2. The van der Waals surface area contributed by atoms with Crippen molar-refractivity contribution in [3.05, 3.63) is 64.9 Å². The van der Waals surface area contributed by atoms with E-state index < -0.39 is 0 Å². The van der Waals surface area contributed by atoms with Gasteiger partial charge in [0.15, 0.2) is 5.69 Å². The van der Waals surface area contributed by atoms with Crippen LogP contribution in [0.1, 0.15) is 16.1 Å². The van der Waals surface area contributed by atoms with E-state index in [1.807, 2.05) is 42.5 Å². The maximum absolute atomic E-state index is 12.3. The molecule has 1 amide bonds. The summed E-state index contributed by atoms with van der Waals surface area (Å²) < 4.78 is 6.78. The molecule has 0 atom stereocenters. The van der Waals surface area contributed by atoms with Crippen LogP contribution in [0.25, 0.3) is 5.52 Å². The molecule has 5 nitrogen and oxygen atoms in total. The second kappa shape index (κ2) is 6.71. The summed E-state index contributed by atoms with van der Waals surface area (Å²) in [5, 5.41) is 7.43. The molecule has 1 N–H and O–H groups in total. The van der Waals surface area contributed by atoms with Gasteiger partial charge >= 0.3 is 0 Å². The lowest BCUT2D eigenvalue weighted by Gasteiger charge is -2.05. The first kappa shape index (κ1) is 15.4. The monoisotopic (exact) mass is 329 g/mol. The number of amides is 1. The van der Waals surface area contributed by atoms with Crippen LogP contribution in [-0.2, 0) is 6.42 Å². The number of nitrogens with one attached hydrogen (secondary N) is 1. The number of benzene rings is 1. The van der Waals surface area contributed by atoms with Crippen LogP contribution < -0.4 is 10.1 Å². The van der Waals surface area contributed by atoms with E-state index in [0.29, 0.717) is 23.5 Å². The van der Waals surface area contributed by atoms with Crippen molar-refractivity contribution < 1.29 is 9.53 Å². The molecule has 6 heteroatoms. The van der Waals surface area contributed by atoms with Crippen molar-refractivity contribution in [2.75, 3.05) is 13.7 Å². The number of ether oxygens (including phenoxy) is 1. The van der Waals surface area contributed by atoms with Crippen LogP contribution in [0.15, 0.2) is 48.7 Å². The van der Waals surface area contributed by atoms with Crippen molar-refractivity contribution in [2.45, 2.75) is 6.42 Å². The SMILES string of the molecule is COc1cccc(CCNC(=O)c2nn3ccccc3c2Cl)c1. The van der Waals surface area contributed by atoms with E-state index >= 15 is 0 Å². The van der Waals surface area contributed by atoms with Gasteiger partial charge in [-0.2, -0.15) is 5.10 Å². The average molecular weight is 330 g/mol. The Hall–Kier alpha value is -2.53. The summed E-state index contributed by atoms with van der Waals surface area (Å²) in [6, 6.07) is 13.3. The van der Waals surface area contributed by atoms with E-state index in [1.54, 1.807) is 17.8 Å². The Morgan fingerprint density at radius 1 is 1.30 bits per heavy atom. The molecule has 0 aliphatic rings. The van der Waals surface area contributed by atoms with Crippen molar-refractivity contribution >= 4 is 23.0 Å². The number of hydrogen-bond acceptors (Lipinski definition) is 3.